The van der Waals surface area contributed by atoms with E-state index in [2.05, 4.69) is 0 Å². The molecular formula is C11H15F2NO2S. The molecule has 0 bridgehead atoms. The lowest BCUT2D eigenvalue weighted by atomic mass is 10.1. The fraction of sp³-hybridized carbons (Fsp3) is 0.455. The number of nitrogens with one attached hydrogen (secondary N) is 1. The molecule has 3 nitrogen and oxygen atoms in total. The maximum absolute atomic E-state index is 13.9. The van der Waals surface area contributed by atoms with Crippen LogP contribution in [0.1, 0.15) is 13.8 Å². The van der Waals surface area contributed by atoms with E-state index in [0.717, 1.165) is 6.92 Å². The quantitative estimate of drug-likeness (QED) is 0.877. The molecule has 96 valence electrons. The summed E-state index contributed by atoms with van der Waals surface area (Å²) in [5.74, 6) is -1.55. The van der Waals surface area contributed by atoms with Crippen molar-refractivity contribution in [1.29, 1.82) is 4.78 Å². The van der Waals surface area contributed by atoms with Crippen LogP contribution in [0.15, 0.2) is 35.2 Å². The van der Waals surface area contributed by atoms with Crippen molar-refractivity contribution >= 4 is 9.73 Å². The van der Waals surface area contributed by atoms with E-state index in [-0.39, 0.29) is 4.90 Å². The molecule has 0 amide bonds. The lowest BCUT2D eigenvalue weighted by Crippen LogP contribution is -2.40. The molecule has 3 atom stereocenters. The number of aliphatic hydroxyl groups excluding tert-OH is 1. The van der Waals surface area contributed by atoms with Crippen LogP contribution >= 0.6 is 0 Å². The Morgan fingerprint density at radius 1 is 1.29 bits per heavy atom. The highest BCUT2D eigenvalue weighted by Crippen LogP contribution is 2.37. The van der Waals surface area contributed by atoms with Crippen molar-refractivity contribution in [3.8, 4) is 0 Å². The van der Waals surface area contributed by atoms with Gasteiger partial charge in [-0.05, 0) is 19.1 Å². The predicted molar refractivity (Wildman–Crippen MR) is 61.4 cm³/mol. The van der Waals surface area contributed by atoms with E-state index < -0.39 is 27.0 Å². The van der Waals surface area contributed by atoms with Crippen LogP contribution in [0.4, 0.5) is 8.78 Å². The fourth-order valence-corrected chi connectivity index (χ4v) is 2.89. The van der Waals surface area contributed by atoms with Crippen molar-refractivity contribution in [2.75, 3.05) is 0 Å². The molecule has 0 saturated heterocycles. The van der Waals surface area contributed by atoms with Crippen molar-refractivity contribution in [2.45, 2.75) is 30.1 Å². The average molecular weight is 263 g/mol. The van der Waals surface area contributed by atoms with Crippen molar-refractivity contribution in [1.82, 2.24) is 0 Å². The van der Waals surface area contributed by atoms with Gasteiger partial charge in [0.25, 0.3) is 0 Å². The normalized spacial score (nSPS) is 19.4. The number of halogens is 2. The first-order valence-corrected chi connectivity index (χ1v) is 6.66. The Kier molecular flexibility index (Phi) is 3.88. The van der Waals surface area contributed by atoms with E-state index in [1.165, 1.54) is 31.2 Å². The summed E-state index contributed by atoms with van der Waals surface area (Å²) in [6.45, 7) is 2.28. The van der Waals surface area contributed by atoms with E-state index in [1.54, 1.807) is 6.07 Å². The Balaban J connectivity index is 3.24. The summed E-state index contributed by atoms with van der Waals surface area (Å²) >= 11 is 0. The largest absolute Gasteiger partial charge is 0.393 e. The number of alkyl halides is 2. The first kappa shape index (κ1) is 14.1. The van der Waals surface area contributed by atoms with Crippen LogP contribution in [0.2, 0.25) is 0 Å². The molecule has 0 saturated carbocycles. The molecule has 1 aromatic carbocycles. The Labute approximate surface area is 99.4 Å². The molecule has 0 aromatic heterocycles. The van der Waals surface area contributed by atoms with Gasteiger partial charge in [-0.25, -0.2) is 8.99 Å². The third-order valence-corrected chi connectivity index (χ3v) is 4.79. The molecular weight excluding hydrogens is 248 g/mol. The highest BCUT2D eigenvalue weighted by Gasteiger charge is 2.49. The first-order valence-electron chi connectivity index (χ1n) is 5.10. The zero-order valence-electron chi connectivity index (χ0n) is 9.56. The van der Waals surface area contributed by atoms with Crippen LogP contribution in [0, 0.1) is 10.7 Å². The van der Waals surface area contributed by atoms with Crippen LogP contribution in [-0.2, 0) is 9.73 Å². The minimum Gasteiger partial charge on any atom is -0.393 e. The molecule has 1 rings (SSSR count). The summed E-state index contributed by atoms with van der Waals surface area (Å²) in [4.78, 5) is -0.225. The van der Waals surface area contributed by atoms with Gasteiger partial charge in [0.15, 0.2) is 0 Å². The third kappa shape index (κ3) is 2.47. The van der Waals surface area contributed by atoms with Gasteiger partial charge in [0, 0.05) is 0 Å². The molecule has 1 aromatic rings. The molecule has 0 aliphatic carbocycles. The number of hydrogen-bond acceptors (Lipinski definition) is 3. The summed E-state index contributed by atoms with van der Waals surface area (Å²) in [6, 6.07) is 6.96. The van der Waals surface area contributed by atoms with E-state index in [4.69, 9.17) is 4.78 Å². The molecule has 17 heavy (non-hydrogen) atoms. The number of hydrogen-bond donors (Lipinski definition) is 2. The van der Waals surface area contributed by atoms with E-state index in [0.29, 0.717) is 0 Å². The third-order valence-electron chi connectivity index (χ3n) is 2.71. The zero-order chi connectivity index (χ0) is 13.3. The van der Waals surface area contributed by atoms with Crippen molar-refractivity contribution < 1.29 is 18.1 Å². The highest BCUT2D eigenvalue weighted by atomic mass is 32.2. The lowest BCUT2D eigenvalue weighted by Gasteiger charge is -2.27. The van der Waals surface area contributed by atoms with Crippen LogP contribution in [0.3, 0.4) is 0 Å². The van der Waals surface area contributed by atoms with Crippen molar-refractivity contribution in [3.63, 3.8) is 0 Å². The van der Waals surface area contributed by atoms with Crippen molar-refractivity contribution in [2.24, 2.45) is 5.92 Å². The summed E-state index contributed by atoms with van der Waals surface area (Å²) in [5, 5.41) is 5.40. The molecule has 3 unspecified atom stereocenters. The summed E-state index contributed by atoms with van der Waals surface area (Å²) in [7, 11) is -4.28. The fourth-order valence-electron chi connectivity index (χ4n) is 1.31. The maximum atomic E-state index is 13.9. The summed E-state index contributed by atoms with van der Waals surface area (Å²) < 4.78 is 47.2. The first-order chi connectivity index (χ1) is 7.71. The van der Waals surface area contributed by atoms with E-state index in [1.807, 2.05) is 0 Å². The van der Waals surface area contributed by atoms with Crippen LogP contribution in [0.25, 0.3) is 0 Å². The monoisotopic (exact) mass is 263 g/mol. The van der Waals surface area contributed by atoms with Gasteiger partial charge in [-0.15, -0.1) is 0 Å². The Morgan fingerprint density at radius 2 is 1.76 bits per heavy atom. The molecule has 2 N–H and O–H groups in total. The Hall–Kier alpha value is -1.01. The standard InChI is InChI=1S/C11H15F2NO2S/c1-8(9(2)15)11(12,13)17(14,16)10-6-4-3-5-7-10/h3-9,14-15H,1-2H3. The second kappa shape index (κ2) is 4.70. The number of benzene rings is 1. The molecule has 6 heteroatoms. The smallest absolute Gasteiger partial charge is 0.337 e. The van der Waals surface area contributed by atoms with Crippen molar-refractivity contribution in [3.05, 3.63) is 30.3 Å². The van der Waals surface area contributed by atoms with Crippen LogP contribution in [-0.4, -0.2) is 20.7 Å². The molecule has 0 aliphatic heterocycles. The van der Waals surface area contributed by atoms with Gasteiger partial charge < -0.3 is 5.11 Å². The van der Waals surface area contributed by atoms with Crippen LogP contribution < -0.4 is 0 Å². The van der Waals surface area contributed by atoms with E-state index >= 15 is 0 Å². The average Bonchev–Trinajstić information content (AvgIpc) is 2.28. The topological polar surface area (TPSA) is 61.1 Å². The molecule has 0 radical (unpaired) electrons. The SMILES string of the molecule is CC(O)C(C)C(F)(F)S(=N)(=O)c1ccccc1. The molecule has 0 fully saturated rings. The Morgan fingerprint density at radius 3 is 2.18 bits per heavy atom. The summed E-state index contributed by atoms with van der Waals surface area (Å²) in [6.07, 6.45) is -1.33. The van der Waals surface area contributed by atoms with Gasteiger partial charge in [-0.2, -0.15) is 8.78 Å². The molecule has 0 heterocycles. The van der Waals surface area contributed by atoms with Crippen LogP contribution in [0.5, 0.6) is 0 Å². The number of rotatable bonds is 4. The van der Waals surface area contributed by atoms with Gasteiger partial charge in [-0.1, -0.05) is 25.1 Å². The van der Waals surface area contributed by atoms with E-state index in [9.17, 15) is 18.1 Å². The van der Waals surface area contributed by atoms with Gasteiger partial charge in [0.1, 0.15) is 9.73 Å². The predicted octanol–water partition coefficient (Wildman–Crippen LogP) is 2.70. The maximum Gasteiger partial charge on any atom is 0.337 e. The van der Waals surface area contributed by atoms with Gasteiger partial charge in [-0.3, -0.25) is 0 Å². The Bertz CT molecular complexity index is 472. The lowest BCUT2D eigenvalue weighted by molar-refractivity contribution is -0.0228. The molecule has 0 aliphatic rings. The minimum absolute atomic E-state index is 0.225. The molecule has 0 spiro atoms. The van der Waals surface area contributed by atoms with Gasteiger partial charge in [0.2, 0.25) is 0 Å². The zero-order valence-corrected chi connectivity index (χ0v) is 10.4. The summed E-state index contributed by atoms with van der Waals surface area (Å²) in [5.41, 5.74) is 0. The van der Waals surface area contributed by atoms with Gasteiger partial charge >= 0.3 is 5.25 Å². The minimum atomic E-state index is -4.28. The van der Waals surface area contributed by atoms with Gasteiger partial charge in [0.05, 0.1) is 16.9 Å². The second-order valence-electron chi connectivity index (χ2n) is 3.96. The highest BCUT2D eigenvalue weighted by molar-refractivity contribution is 7.93. The number of aliphatic hydroxyl groups is 1. The second-order valence-corrected chi connectivity index (χ2v) is 6.09.